The van der Waals surface area contributed by atoms with Crippen molar-refractivity contribution in [3.8, 4) is 0 Å². The highest BCUT2D eigenvalue weighted by Crippen LogP contribution is 2.27. The average molecular weight is 317 g/mol. The molecule has 0 aliphatic carbocycles. The molecule has 1 atom stereocenters. The molecule has 132 valence electrons. The van der Waals surface area contributed by atoms with E-state index in [-0.39, 0.29) is 12.0 Å². The average Bonchev–Trinajstić information content (AvgIpc) is 2.38. The highest BCUT2D eigenvalue weighted by Gasteiger charge is 2.30. The van der Waals surface area contributed by atoms with Gasteiger partial charge in [-0.1, -0.05) is 27.2 Å². The fourth-order valence-electron chi connectivity index (χ4n) is 2.23. The molecular weight excluding hydrogens is 282 g/mol. The minimum Gasteiger partial charge on any atom is -0.444 e. The van der Waals surface area contributed by atoms with Crippen LogP contribution in [0, 0.1) is 11.3 Å². The number of alkyl carbamates (subject to hydrolysis) is 1. The topological polar surface area (TPSA) is 67.8 Å². The van der Waals surface area contributed by atoms with Gasteiger partial charge in [0, 0.05) is 25.2 Å². The first-order valence-electron chi connectivity index (χ1n) is 8.29. The molecule has 0 bridgehead atoms. The number of ether oxygens (including phenoxy) is 2. The molecule has 0 aliphatic rings. The summed E-state index contributed by atoms with van der Waals surface area (Å²) in [7, 11) is 0. The van der Waals surface area contributed by atoms with Gasteiger partial charge in [-0.15, -0.1) is 0 Å². The summed E-state index contributed by atoms with van der Waals surface area (Å²) in [4.78, 5) is 11.8. The van der Waals surface area contributed by atoms with Gasteiger partial charge < -0.3 is 19.9 Å². The Labute approximate surface area is 135 Å². The molecule has 22 heavy (non-hydrogen) atoms. The van der Waals surface area contributed by atoms with E-state index in [2.05, 4.69) is 26.1 Å². The first-order valence-corrected chi connectivity index (χ1v) is 8.29. The largest absolute Gasteiger partial charge is 0.444 e. The Morgan fingerprint density at radius 1 is 1.23 bits per heavy atom. The van der Waals surface area contributed by atoms with Crippen LogP contribution in [-0.4, -0.2) is 43.2 Å². The summed E-state index contributed by atoms with van der Waals surface area (Å²) in [6, 6.07) is 0. The highest BCUT2D eigenvalue weighted by atomic mass is 16.6. The molecule has 0 fully saturated rings. The van der Waals surface area contributed by atoms with Gasteiger partial charge in [0.15, 0.2) is 0 Å². The number of amides is 1. The summed E-state index contributed by atoms with van der Waals surface area (Å²) < 4.78 is 10.9. The van der Waals surface area contributed by atoms with Crippen molar-refractivity contribution >= 4 is 6.09 Å². The molecule has 5 nitrogen and oxygen atoms in total. The van der Waals surface area contributed by atoms with Crippen LogP contribution in [0.1, 0.15) is 60.8 Å². The van der Waals surface area contributed by atoms with E-state index in [1.807, 2.05) is 20.8 Å². The Bertz CT molecular complexity index is 312. The van der Waals surface area contributed by atoms with Crippen molar-refractivity contribution in [2.24, 2.45) is 11.3 Å². The Balaban J connectivity index is 4.44. The molecule has 1 unspecified atom stereocenters. The van der Waals surface area contributed by atoms with Crippen molar-refractivity contribution in [2.45, 2.75) is 66.4 Å². The van der Waals surface area contributed by atoms with Gasteiger partial charge >= 0.3 is 6.09 Å². The molecule has 0 rings (SSSR count). The quantitative estimate of drug-likeness (QED) is 0.606. The van der Waals surface area contributed by atoms with Crippen LogP contribution in [0.4, 0.5) is 4.79 Å². The Kier molecular flexibility index (Phi) is 9.69. The van der Waals surface area contributed by atoms with Gasteiger partial charge in [-0.25, -0.2) is 4.79 Å². The van der Waals surface area contributed by atoms with Crippen LogP contribution >= 0.6 is 0 Å². The van der Waals surface area contributed by atoms with Gasteiger partial charge in [0.05, 0.1) is 6.61 Å². The van der Waals surface area contributed by atoms with E-state index in [1.165, 1.54) is 0 Å². The first kappa shape index (κ1) is 21.2. The van der Waals surface area contributed by atoms with Gasteiger partial charge in [0.2, 0.25) is 0 Å². The third kappa shape index (κ3) is 10.0. The summed E-state index contributed by atoms with van der Waals surface area (Å²) in [5.74, 6) is 0.495. The number of nitrogens with one attached hydrogen (secondary N) is 1. The SMILES string of the molecule is CCCC(CO)(CCOCC(C)C)CNC(=O)OC(C)(C)C. The molecule has 0 aromatic carbocycles. The van der Waals surface area contributed by atoms with Crippen LogP contribution in [0.25, 0.3) is 0 Å². The van der Waals surface area contributed by atoms with Crippen LogP contribution < -0.4 is 5.32 Å². The van der Waals surface area contributed by atoms with Crippen molar-refractivity contribution in [3.05, 3.63) is 0 Å². The second-order valence-corrected chi connectivity index (χ2v) is 7.48. The van der Waals surface area contributed by atoms with Crippen LogP contribution in [0.15, 0.2) is 0 Å². The second kappa shape index (κ2) is 10.1. The van der Waals surface area contributed by atoms with Gasteiger partial charge in [-0.05, 0) is 39.5 Å². The van der Waals surface area contributed by atoms with Gasteiger partial charge in [0.25, 0.3) is 0 Å². The summed E-state index contributed by atoms with van der Waals surface area (Å²) in [5.41, 5.74) is -0.861. The number of carbonyl (C=O) groups excluding carboxylic acids is 1. The van der Waals surface area contributed by atoms with E-state index >= 15 is 0 Å². The monoisotopic (exact) mass is 317 g/mol. The Morgan fingerprint density at radius 3 is 2.32 bits per heavy atom. The van der Waals surface area contributed by atoms with Crippen molar-refractivity contribution in [2.75, 3.05) is 26.4 Å². The predicted molar refractivity (Wildman–Crippen MR) is 88.9 cm³/mol. The Morgan fingerprint density at radius 2 is 1.86 bits per heavy atom. The van der Waals surface area contributed by atoms with Crippen molar-refractivity contribution in [1.82, 2.24) is 5.32 Å². The standard InChI is InChI=1S/C17H35NO4/c1-7-8-17(13-19,9-10-21-11-14(2)3)12-18-15(20)22-16(4,5)6/h14,19H,7-13H2,1-6H3,(H,18,20). The maximum Gasteiger partial charge on any atom is 0.407 e. The molecule has 1 amide bonds. The van der Waals surface area contributed by atoms with Gasteiger partial charge in [0.1, 0.15) is 5.60 Å². The molecular formula is C17H35NO4. The lowest BCUT2D eigenvalue weighted by molar-refractivity contribution is 0.0299. The van der Waals surface area contributed by atoms with Crippen LogP contribution in [0.5, 0.6) is 0 Å². The van der Waals surface area contributed by atoms with Crippen molar-refractivity contribution in [1.29, 1.82) is 0 Å². The second-order valence-electron chi connectivity index (χ2n) is 7.48. The number of rotatable bonds is 10. The molecule has 0 saturated heterocycles. The summed E-state index contributed by atoms with van der Waals surface area (Å²) in [6.45, 7) is 13.5. The van der Waals surface area contributed by atoms with Gasteiger partial charge in [-0.3, -0.25) is 0 Å². The van der Waals surface area contributed by atoms with Crippen LogP contribution in [0.2, 0.25) is 0 Å². The third-order valence-corrected chi connectivity index (χ3v) is 3.35. The van der Waals surface area contributed by atoms with E-state index in [4.69, 9.17) is 9.47 Å². The first-order chi connectivity index (χ1) is 10.1. The number of aliphatic hydroxyl groups is 1. The molecule has 0 radical (unpaired) electrons. The van der Waals surface area contributed by atoms with Gasteiger partial charge in [-0.2, -0.15) is 0 Å². The number of hydrogen-bond donors (Lipinski definition) is 2. The summed E-state index contributed by atoms with van der Waals surface area (Å²) in [6.07, 6.45) is 2.06. The number of aliphatic hydroxyl groups excluding tert-OH is 1. The minimum atomic E-state index is -0.517. The molecule has 5 heteroatoms. The molecule has 2 N–H and O–H groups in total. The van der Waals surface area contributed by atoms with E-state index < -0.39 is 11.7 Å². The van der Waals surface area contributed by atoms with E-state index in [0.717, 1.165) is 19.3 Å². The number of carbonyl (C=O) groups is 1. The van der Waals surface area contributed by atoms with E-state index in [1.54, 1.807) is 0 Å². The zero-order valence-electron chi connectivity index (χ0n) is 15.2. The van der Waals surface area contributed by atoms with E-state index in [9.17, 15) is 9.90 Å². The third-order valence-electron chi connectivity index (χ3n) is 3.35. The molecule has 0 heterocycles. The Hall–Kier alpha value is -0.810. The number of hydrogen-bond acceptors (Lipinski definition) is 4. The predicted octanol–water partition coefficient (Wildman–Crippen LogP) is 3.35. The van der Waals surface area contributed by atoms with Crippen LogP contribution in [0.3, 0.4) is 0 Å². The smallest absolute Gasteiger partial charge is 0.407 e. The van der Waals surface area contributed by atoms with Crippen molar-refractivity contribution in [3.63, 3.8) is 0 Å². The summed E-state index contributed by atoms with van der Waals surface area (Å²) >= 11 is 0. The lowest BCUT2D eigenvalue weighted by atomic mass is 9.81. The lowest BCUT2D eigenvalue weighted by Gasteiger charge is -2.32. The summed E-state index contributed by atoms with van der Waals surface area (Å²) in [5, 5.41) is 12.6. The lowest BCUT2D eigenvalue weighted by Crippen LogP contribution is -2.43. The van der Waals surface area contributed by atoms with Crippen molar-refractivity contribution < 1.29 is 19.4 Å². The fraction of sp³-hybridized carbons (Fsp3) is 0.941. The van der Waals surface area contributed by atoms with E-state index in [0.29, 0.717) is 25.7 Å². The maximum absolute atomic E-state index is 11.8. The molecule has 0 aliphatic heterocycles. The fourth-order valence-corrected chi connectivity index (χ4v) is 2.23. The molecule has 0 aromatic heterocycles. The molecule has 0 aromatic rings. The zero-order valence-corrected chi connectivity index (χ0v) is 15.2. The normalized spacial score (nSPS) is 14.7. The maximum atomic E-state index is 11.8. The van der Waals surface area contributed by atoms with Crippen LogP contribution in [-0.2, 0) is 9.47 Å². The molecule has 0 spiro atoms. The molecule has 0 saturated carbocycles. The minimum absolute atomic E-state index is 0.0294. The highest BCUT2D eigenvalue weighted by molar-refractivity contribution is 5.67. The zero-order chi connectivity index (χ0) is 17.2.